The molecule has 3 aromatic rings. The molecule has 0 N–H and O–H groups in total. The molecule has 0 aliphatic carbocycles. The highest BCUT2D eigenvalue weighted by Crippen LogP contribution is 2.26. The third kappa shape index (κ3) is 7.15. The lowest BCUT2D eigenvalue weighted by molar-refractivity contribution is -0.146. The third-order valence-electron chi connectivity index (χ3n) is 4.56. The first-order chi connectivity index (χ1) is 15.2. The maximum Gasteiger partial charge on any atom is 0.308 e. The molecular formula is C26H28O5. The summed E-state index contributed by atoms with van der Waals surface area (Å²) in [5.74, 6) is 2.03. The molecule has 0 saturated carbocycles. The van der Waals surface area contributed by atoms with Crippen LogP contribution in [0.3, 0.4) is 0 Å². The largest absolute Gasteiger partial charge is 0.489 e. The Kier molecular flexibility index (Phi) is 8.49. The quantitative estimate of drug-likeness (QED) is 0.351. The summed E-state index contributed by atoms with van der Waals surface area (Å²) in [4.78, 5) is 11.8. The summed E-state index contributed by atoms with van der Waals surface area (Å²) in [5, 5.41) is 0. The molecule has 0 radical (unpaired) electrons. The van der Waals surface area contributed by atoms with Crippen molar-refractivity contribution in [1.29, 1.82) is 0 Å². The number of rotatable bonds is 11. The molecule has 3 aromatic carbocycles. The Morgan fingerprint density at radius 3 is 2.26 bits per heavy atom. The Labute approximate surface area is 183 Å². The van der Waals surface area contributed by atoms with E-state index in [0.29, 0.717) is 19.8 Å². The van der Waals surface area contributed by atoms with E-state index in [2.05, 4.69) is 0 Å². The summed E-state index contributed by atoms with van der Waals surface area (Å²) < 4.78 is 22.6. The van der Waals surface area contributed by atoms with Crippen LogP contribution in [0.2, 0.25) is 0 Å². The predicted molar refractivity (Wildman–Crippen MR) is 119 cm³/mol. The molecule has 0 amide bonds. The molecule has 0 bridgehead atoms. The number of hydrogen-bond acceptors (Lipinski definition) is 5. The summed E-state index contributed by atoms with van der Waals surface area (Å²) in [6.07, 6.45) is -0.138. The van der Waals surface area contributed by atoms with Crippen LogP contribution in [0.5, 0.6) is 17.2 Å². The summed E-state index contributed by atoms with van der Waals surface area (Å²) in [6.45, 7) is 5.00. The van der Waals surface area contributed by atoms with Crippen LogP contribution in [0.15, 0.2) is 78.9 Å². The predicted octanol–water partition coefficient (Wildman–Crippen LogP) is 6.09. The highest BCUT2D eigenvalue weighted by atomic mass is 16.5. The van der Waals surface area contributed by atoms with Crippen molar-refractivity contribution in [3.8, 4) is 17.2 Å². The van der Waals surface area contributed by atoms with Gasteiger partial charge in [0.05, 0.1) is 19.1 Å². The molecular weight excluding hydrogens is 392 g/mol. The van der Waals surface area contributed by atoms with Gasteiger partial charge in [-0.3, -0.25) is 4.79 Å². The van der Waals surface area contributed by atoms with Crippen LogP contribution in [0, 0.1) is 0 Å². The first-order valence-electron chi connectivity index (χ1n) is 10.5. The van der Waals surface area contributed by atoms with Crippen molar-refractivity contribution in [2.45, 2.75) is 33.0 Å². The van der Waals surface area contributed by atoms with Gasteiger partial charge in [0, 0.05) is 6.61 Å². The van der Waals surface area contributed by atoms with Crippen molar-refractivity contribution in [3.05, 3.63) is 90.0 Å². The van der Waals surface area contributed by atoms with Crippen LogP contribution in [-0.2, 0) is 20.9 Å². The summed E-state index contributed by atoms with van der Waals surface area (Å²) in [7, 11) is 0. The lowest BCUT2D eigenvalue weighted by Gasteiger charge is -2.17. The maximum absolute atomic E-state index is 11.8. The Hall–Kier alpha value is -3.31. The van der Waals surface area contributed by atoms with Gasteiger partial charge in [-0.15, -0.1) is 0 Å². The van der Waals surface area contributed by atoms with Gasteiger partial charge in [-0.25, -0.2) is 0 Å². The van der Waals surface area contributed by atoms with E-state index in [-0.39, 0.29) is 18.5 Å². The Balaban J connectivity index is 1.58. The topological polar surface area (TPSA) is 54.0 Å². The van der Waals surface area contributed by atoms with Crippen molar-refractivity contribution in [1.82, 2.24) is 0 Å². The van der Waals surface area contributed by atoms with E-state index in [9.17, 15) is 4.79 Å². The number of para-hydroxylation sites is 1. The van der Waals surface area contributed by atoms with E-state index >= 15 is 0 Å². The maximum atomic E-state index is 11.8. The zero-order chi connectivity index (χ0) is 21.9. The molecule has 0 aliphatic rings. The van der Waals surface area contributed by atoms with E-state index in [4.69, 9.17) is 18.9 Å². The second kappa shape index (κ2) is 11.8. The van der Waals surface area contributed by atoms with Gasteiger partial charge in [0.15, 0.2) is 0 Å². The van der Waals surface area contributed by atoms with Crippen LogP contribution in [0.1, 0.15) is 37.5 Å². The Bertz CT molecular complexity index is 938. The molecule has 0 aliphatic heterocycles. The Morgan fingerprint density at radius 2 is 1.55 bits per heavy atom. The first-order valence-corrected chi connectivity index (χ1v) is 10.5. The van der Waals surface area contributed by atoms with Crippen molar-refractivity contribution >= 4 is 5.97 Å². The fourth-order valence-electron chi connectivity index (χ4n) is 3.11. The van der Waals surface area contributed by atoms with Crippen molar-refractivity contribution < 1.29 is 23.7 Å². The van der Waals surface area contributed by atoms with Gasteiger partial charge in [0.1, 0.15) is 23.9 Å². The molecule has 0 fully saturated rings. The molecule has 162 valence electrons. The van der Waals surface area contributed by atoms with E-state index in [1.54, 1.807) is 6.92 Å². The van der Waals surface area contributed by atoms with Crippen LogP contribution >= 0.6 is 0 Å². The highest BCUT2D eigenvalue weighted by molar-refractivity contribution is 5.70. The molecule has 5 nitrogen and oxygen atoms in total. The molecule has 0 aromatic heterocycles. The number of ether oxygens (including phenoxy) is 4. The number of carbonyl (C=O) groups is 1. The number of carbonyl (C=O) groups excluding carboxylic acids is 1. The molecule has 0 heterocycles. The smallest absolute Gasteiger partial charge is 0.308 e. The lowest BCUT2D eigenvalue weighted by atomic mass is 10.1. The van der Waals surface area contributed by atoms with E-state index in [1.807, 2.05) is 85.8 Å². The molecule has 1 unspecified atom stereocenters. The van der Waals surface area contributed by atoms with Crippen LogP contribution in [0.25, 0.3) is 0 Å². The summed E-state index contributed by atoms with van der Waals surface area (Å²) >= 11 is 0. The molecule has 5 heteroatoms. The minimum Gasteiger partial charge on any atom is -0.489 e. The zero-order valence-corrected chi connectivity index (χ0v) is 18.0. The second-order valence-corrected chi connectivity index (χ2v) is 6.87. The average Bonchev–Trinajstić information content (AvgIpc) is 2.79. The normalized spacial score (nSPS) is 11.5. The third-order valence-corrected chi connectivity index (χ3v) is 4.56. The lowest BCUT2D eigenvalue weighted by Crippen LogP contribution is -2.13. The monoisotopic (exact) mass is 420 g/mol. The van der Waals surface area contributed by atoms with Gasteiger partial charge in [-0.1, -0.05) is 42.5 Å². The van der Waals surface area contributed by atoms with E-state index in [1.165, 1.54) is 0 Å². The van der Waals surface area contributed by atoms with Gasteiger partial charge in [0.2, 0.25) is 0 Å². The van der Waals surface area contributed by atoms with Gasteiger partial charge < -0.3 is 18.9 Å². The van der Waals surface area contributed by atoms with Crippen molar-refractivity contribution in [3.63, 3.8) is 0 Å². The molecule has 0 saturated heterocycles. The minimum absolute atomic E-state index is 0.191. The average molecular weight is 421 g/mol. The molecule has 3 rings (SSSR count). The van der Waals surface area contributed by atoms with E-state index in [0.717, 1.165) is 28.4 Å². The number of hydrogen-bond donors (Lipinski definition) is 0. The van der Waals surface area contributed by atoms with E-state index < -0.39 is 0 Å². The van der Waals surface area contributed by atoms with Crippen molar-refractivity contribution in [2.75, 3.05) is 13.2 Å². The zero-order valence-electron chi connectivity index (χ0n) is 18.0. The van der Waals surface area contributed by atoms with Gasteiger partial charge in [-0.2, -0.15) is 0 Å². The van der Waals surface area contributed by atoms with Gasteiger partial charge >= 0.3 is 5.97 Å². The fraction of sp³-hybridized carbons (Fsp3) is 0.269. The van der Waals surface area contributed by atoms with Crippen molar-refractivity contribution in [2.24, 2.45) is 0 Å². The Morgan fingerprint density at radius 1 is 0.806 bits per heavy atom. The highest BCUT2D eigenvalue weighted by Gasteiger charge is 2.17. The second-order valence-electron chi connectivity index (χ2n) is 6.87. The standard InChI is InChI=1S/C26H28O5/c1-3-28-25(18-26(27)29-4-2)21-13-15-22(16-14-21)30-19-20-9-8-12-24(17-20)31-23-10-6-5-7-11-23/h5-17,25H,3-4,18-19H2,1-2H3. The molecule has 0 spiro atoms. The number of benzene rings is 3. The first kappa shape index (κ1) is 22.4. The van der Waals surface area contributed by atoms with Crippen LogP contribution in [-0.4, -0.2) is 19.2 Å². The van der Waals surface area contributed by atoms with Crippen LogP contribution < -0.4 is 9.47 Å². The van der Waals surface area contributed by atoms with Gasteiger partial charge in [0.25, 0.3) is 0 Å². The fourth-order valence-corrected chi connectivity index (χ4v) is 3.11. The molecule has 31 heavy (non-hydrogen) atoms. The minimum atomic E-state index is -0.329. The summed E-state index contributed by atoms with van der Waals surface area (Å²) in [6, 6.07) is 25.1. The van der Waals surface area contributed by atoms with Gasteiger partial charge in [-0.05, 0) is 61.4 Å². The van der Waals surface area contributed by atoms with Crippen LogP contribution in [0.4, 0.5) is 0 Å². The SMILES string of the molecule is CCOC(=O)CC(OCC)c1ccc(OCc2cccc(Oc3ccccc3)c2)cc1. The number of esters is 1. The molecule has 1 atom stereocenters. The summed E-state index contributed by atoms with van der Waals surface area (Å²) in [5.41, 5.74) is 1.92.